The van der Waals surface area contributed by atoms with E-state index in [0.717, 1.165) is 0 Å². The topological polar surface area (TPSA) is 127 Å². The molecule has 1 aliphatic rings. The second kappa shape index (κ2) is 9.80. The van der Waals surface area contributed by atoms with Gasteiger partial charge in [-0.1, -0.05) is 19.1 Å². The molecule has 3 unspecified atom stereocenters. The molecule has 9 heteroatoms. The van der Waals surface area contributed by atoms with Gasteiger partial charge in [-0.15, -0.1) is 0 Å². The van der Waals surface area contributed by atoms with Crippen molar-refractivity contribution < 1.29 is 18.3 Å². The third-order valence-corrected chi connectivity index (χ3v) is 4.55. The maximum atomic E-state index is 12.8. The van der Waals surface area contributed by atoms with Crippen LogP contribution >= 0.6 is 0 Å². The highest BCUT2D eigenvalue weighted by Crippen LogP contribution is 2.25. The van der Waals surface area contributed by atoms with E-state index in [-0.39, 0.29) is 23.4 Å². The Labute approximate surface area is 162 Å². The number of ether oxygens (including phenoxy) is 1. The van der Waals surface area contributed by atoms with Crippen LogP contribution < -0.4 is 16.8 Å². The largest absolute Gasteiger partial charge is 0.384 e. The molecule has 0 spiro atoms. The maximum absolute atomic E-state index is 12.8. The second-order valence-electron chi connectivity index (χ2n) is 6.51. The number of hydrogen-bond acceptors (Lipinski definition) is 5. The summed E-state index contributed by atoms with van der Waals surface area (Å²) < 4.78 is 30.9. The number of carbonyl (C=O) groups is 1. The van der Waals surface area contributed by atoms with Gasteiger partial charge in [-0.05, 0) is 24.1 Å². The van der Waals surface area contributed by atoms with E-state index >= 15 is 0 Å². The number of alkyl halides is 2. The normalized spacial score (nSPS) is 21.8. The average molecular weight is 391 g/mol. The van der Waals surface area contributed by atoms with Gasteiger partial charge in [-0.3, -0.25) is 4.79 Å². The predicted molar refractivity (Wildman–Crippen MR) is 101 cm³/mol. The number of hydrogen-bond donors (Lipinski definition) is 3. The van der Waals surface area contributed by atoms with Gasteiger partial charge in [0.2, 0.25) is 6.43 Å². The summed E-state index contributed by atoms with van der Waals surface area (Å²) in [6.07, 6.45) is -0.546. The maximum Gasteiger partial charge on any atom is 0.253 e. The summed E-state index contributed by atoms with van der Waals surface area (Å²) in [7, 11) is 0. The molecule has 5 N–H and O–H groups in total. The lowest BCUT2D eigenvalue weighted by molar-refractivity contribution is -0.114. The minimum absolute atomic E-state index is 0.0488. The zero-order chi connectivity index (χ0) is 20.7. The van der Waals surface area contributed by atoms with Gasteiger partial charge in [0, 0.05) is 18.7 Å². The van der Waals surface area contributed by atoms with Crippen molar-refractivity contribution in [1.82, 2.24) is 5.32 Å². The molecule has 28 heavy (non-hydrogen) atoms. The second-order valence-corrected chi connectivity index (χ2v) is 6.51. The number of nitriles is 1. The smallest absolute Gasteiger partial charge is 0.253 e. The Morgan fingerprint density at radius 1 is 1.39 bits per heavy atom. The van der Waals surface area contributed by atoms with Crippen LogP contribution in [0.25, 0.3) is 0 Å². The molecule has 0 aromatic heterocycles. The molecule has 0 bridgehead atoms. The Balaban J connectivity index is 2.16. The molecular formula is C19H23F2N5O2. The van der Waals surface area contributed by atoms with Crippen LogP contribution in [0.5, 0.6) is 0 Å². The van der Waals surface area contributed by atoms with Crippen LogP contribution in [0.3, 0.4) is 0 Å². The van der Waals surface area contributed by atoms with Gasteiger partial charge in [-0.25, -0.2) is 13.8 Å². The molecule has 0 radical (unpaired) electrons. The number of nitrogens with one attached hydrogen (secondary N) is 1. The molecule has 1 amide bonds. The lowest BCUT2D eigenvalue weighted by atomic mass is 9.96. The van der Waals surface area contributed by atoms with Gasteiger partial charge >= 0.3 is 0 Å². The molecule has 1 saturated heterocycles. The molecule has 1 aromatic rings. The first-order valence-electron chi connectivity index (χ1n) is 8.79. The zero-order valence-electron chi connectivity index (χ0n) is 15.4. The Bertz CT molecular complexity index is 787. The van der Waals surface area contributed by atoms with E-state index in [9.17, 15) is 18.8 Å². The third kappa shape index (κ3) is 5.50. The minimum atomic E-state index is -2.46. The molecule has 1 fully saturated rings. The fourth-order valence-electron chi connectivity index (χ4n) is 2.72. The quantitative estimate of drug-likeness (QED) is 0.372. The molecule has 3 atom stereocenters. The Morgan fingerprint density at radius 2 is 2.07 bits per heavy atom. The Morgan fingerprint density at radius 3 is 2.64 bits per heavy atom. The van der Waals surface area contributed by atoms with Crippen LogP contribution in [-0.4, -0.2) is 37.4 Å². The number of nitrogens with two attached hydrogens (primary N) is 2. The first kappa shape index (κ1) is 21.3. The van der Waals surface area contributed by atoms with Crippen LogP contribution in [0.2, 0.25) is 0 Å². The number of halogens is 2. The van der Waals surface area contributed by atoms with Gasteiger partial charge in [0.25, 0.3) is 5.91 Å². The Hall–Kier alpha value is -2.99. The van der Waals surface area contributed by atoms with Crippen LogP contribution in [0, 0.1) is 17.2 Å². The van der Waals surface area contributed by atoms with E-state index in [1.54, 1.807) is 0 Å². The SMILES string of the molecule is CC(c1ccc(N=C(N)/C(=C\NC2COCCC2C#N)C(N)=O)cc1)C(F)F. The van der Waals surface area contributed by atoms with Crippen LogP contribution in [0.1, 0.15) is 24.8 Å². The summed E-state index contributed by atoms with van der Waals surface area (Å²) >= 11 is 0. The van der Waals surface area contributed by atoms with Crippen molar-refractivity contribution in [3.63, 3.8) is 0 Å². The first-order chi connectivity index (χ1) is 13.3. The molecular weight excluding hydrogens is 368 g/mol. The number of primary amides is 1. The van der Waals surface area contributed by atoms with Crippen LogP contribution in [-0.2, 0) is 9.53 Å². The standard InChI is InChI=1S/C19H23F2N5O2/c1-11(17(20)21)12-2-4-14(5-3-12)26-18(23)15(19(24)27)9-25-16-10-28-7-6-13(16)8-22/h2-5,9,11,13,16-17,25H,6-7,10H2,1H3,(H2,23,26)(H2,24,27)/b15-9+. The molecule has 1 aliphatic heterocycles. The van der Waals surface area contributed by atoms with E-state index < -0.39 is 18.3 Å². The first-order valence-corrected chi connectivity index (χ1v) is 8.79. The molecule has 2 rings (SSSR count). The van der Waals surface area contributed by atoms with Gasteiger partial charge in [0.15, 0.2) is 0 Å². The summed E-state index contributed by atoms with van der Waals surface area (Å²) in [6.45, 7) is 2.26. The van der Waals surface area contributed by atoms with Crippen LogP contribution in [0.4, 0.5) is 14.5 Å². The van der Waals surface area contributed by atoms with Crippen molar-refractivity contribution in [2.24, 2.45) is 22.4 Å². The number of rotatable bonds is 7. The summed E-state index contributed by atoms with van der Waals surface area (Å²) in [6, 6.07) is 8.04. The van der Waals surface area contributed by atoms with Crippen molar-refractivity contribution in [2.75, 3.05) is 13.2 Å². The number of amides is 1. The van der Waals surface area contributed by atoms with Crippen molar-refractivity contribution in [3.8, 4) is 6.07 Å². The van der Waals surface area contributed by atoms with Gasteiger partial charge < -0.3 is 21.5 Å². The van der Waals surface area contributed by atoms with Gasteiger partial charge in [0.05, 0.1) is 35.9 Å². The number of benzene rings is 1. The van der Waals surface area contributed by atoms with Gasteiger partial charge in [0.1, 0.15) is 5.84 Å². The summed E-state index contributed by atoms with van der Waals surface area (Å²) in [5.41, 5.74) is 12.1. The van der Waals surface area contributed by atoms with E-state index in [0.29, 0.717) is 30.9 Å². The molecule has 0 saturated carbocycles. The summed E-state index contributed by atoms with van der Waals surface area (Å²) in [5, 5.41) is 12.1. The van der Waals surface area contributed by atoms with E-state index in [2.05, 4.69) is 16.4 Å². The van der Waals surface area contributed by atoms with Gasteiger partial charge in [-0.2, -0.15) is 5.26 Å². The van der Waals surface area contributed by atoms with E-state index in [1.807, 2.05) is 0 Å². The molecule has 1 aromatic carbocycles. The minimum Gasteiger partial charge on any atom is -0.384 e. The zero-order valence-corrected chi connectivity index (χ0v) is 15.4. The average Bonchev–Trinajstić information content (AvgIpc) is 2.68. The van der Waals surface area contributed by atoms with Crippen molar-refractivity contribution >= 4 is 17.4 Å². The fourth-order valence-corrected chi connectivity index (χ4v) is 2.72. The highest BCUT2D eigenvalue weighted by Gasteiger charge is 2.25. The predicted octanol–water partition coefficient (Wildman–Crippen LogP) is 1.93. The van der Waals surface area contributed by atoms with Crippen LogP contribution in [0.15, 0.2) is 41.0 Å². The lowest BCUT2D eigenvalue weighted by Crippen LogP contribution is -2.42. The van der Waals surface area contributed by atoms with Crippen molar-refractivity contribution in [1.29, 1.82) is 5.26 Å². The number of amidine groups is 1. The molecule has 0 aliphatic carbocycles. The monoisotopic (exact) mass is 391 g/mol. The lowest BCUT2D eigenvalue weighted by Gasteiger charge is -2.27. The number of carbonyl (C=O) groups excluding carboxylic acids is 1. The Kier molecular flexibility index (Phi) is 7.46. The number of aliphatic imine (C=N–C) groups is 1. The molecule has 150 valence electrons. The fraction of sp³-hybridized carbons (Fsp3) is 0.421. The summed E-state index contributed by atoms with van der Waals surface area (Å²) in [5.74, 6) is -2.07. The summed E-state index contributed by atoms with van der Waals surface area (Å²) in [4.78, 5) is 15.9. The molecule has 7 nitrogen and oxygen atoms in total. The third-order valence-electron chi connectivity index (χ3n) is 4.55. The highest BCUT2D eigenvalue weighted by molar-refractivity contribution is 6.20. The number of nitrogens with zero attached hydrogens (tertiary/aromatic N) is 2. The van der Waals surface area contributed by atoms with Crippen molar-refractivity contribution in [2.45, 2.75) is 31.7 Å². The molecule has 1 heterocycles. The van der Waals surface area contributed by atoms with E-state index in [4.69, 9.17) is 16.2 Å². The van der Waals surface area contributed by atoms with E-state index in [1.165, 1.54) is 37.4 Å². The van der Waals surface area contributed by atoms with Crippen molar-refractivity contribution in [3.05, 3.63) is 41.6 Å². The highest BCUT2D eigenvalue weighted by atomic mass is 19.3.